The smallest absolute Gasteiger partial charge is 0.244 e. The molecular weight excluding hydrogens is 332 g/mol. The maximum atomic E-state index is 6.11. The Bertz CT molecular complexity index is 741. The summed E-state index contributed by atoms with van der Waals surface area (Å²) in [5.74, 6) is 8.45. The Balaban J connectivity index is 1.21. The summed E-state index contributed by atoms with van der Waals surface area (Å²) < 4.78 is 12.0. The van der Waals surface area contributed by atoms with Crippen LogP contribution in [-0.2, 0) is 0 Å². The maximum Gasteiger partial charge on any atom is 0.244 e. The van der Waals surface area contributed by atoms with Crippen molar-refractivity contribution in [1.82, 2.24) is 19.8 Å². The first-order chi connectivity index (χ1) is 12.7. The first-order valence-corrected chi connectivity index (χ1v) is 9.19. The fourth-order valence-corrected chi connectivity index (χ4v) is 3.56. The number of nitrogens with one attached hydrogen (secondary N) is 1. The van der Waals surface area contributed by atoms with Crippen molar-refractivity contribution >= 4 is 5.95 Å². The van der Waals surface area contributed by atoms with Crippen molar-refractivity contribution in [2.24, 2.45) is 5.92 Å². The van der Waals surface area contributed by atoms with E-state index in [0.29, 0.717) is 18.5 Å². The molecule has 0 amide bonds. The van der Waals surface area contributed by atoms with Gasteiger partial charge in [0, 0.05) is 13.1 Å². The number of piperidine rings is 1. The Kier molecular flexibility index (Phi) is 4.83. The van der Waals surface area contributed by atoms with Gasteiger partial charge in [0.05, 0.1) is 0 Å². The molecule has 0 aliphatic carbocycles. The highest BCUT2D eigenvalue weighted by Crippen LogP contribution is 2.32. The van der Waals surface area contributed by atoms with Crippen LogP contribution in [0.2, 0.25) is 0 Å². The molecule has 3 heterocycles. The molecular formula is C18H26N6O2. The van der Waals surface area contributed by atoms with Crippen LogP contribution in [0.1, 0.15) is 18.4 Å². The average molecular weight is 358 g/mol. The summed E-state index contributed by atoms with van der Waals surface area (Å²) in [6.45, 7) is 6.62. The van der Waals surface area contributed by atoms with E-state index in [0.717, 1.165) is 50.5 Å². The van der Waals surface area contributed by atoms with Gasteiger partial charge in [-0.25, -0.2) is 0 Å². The van der Waals surface area contributed by atoms with Crippen LogP contribution in [0.5, 0.6) is 11.5 Å². The van der Waals surface area contributed by atoms with Crippen LogP contribution < -0.4 is 20.6 Å². The highest BCUT2D eigenvalue weighted by atomic mass is 16.6. The van der Waals surface area contributed by atoms with Gasteiger partial charge in [-0.05, 0) is 56.5 Å². The van der Waals surface area contributed by atoms with Crippen LogP contribution in [0.3, 0.4) is 0 Å². The van der Waals surface area contributed by atoms with Gasteiger partial charge >= 0.3 is 0 Å². The van der Waals surface area contributed by atoms with E-state index in [4.69, 9.17) is 15.3 Å². The predicted octanol–water partition coefficient (Wildman–Crippen LogP) is 1.26. The monoisotopic (exact) mass is 358 g/mol. The van der Waals surface area contributed by atoms with E-state index in [9.17, 15) is 0 Å². The quantitative estimate of drug-likeness (QED) is 0.778. The number of aromatic nitrogens is 3. The normalized spacial score (nSPS) is 20.9. The van der Waals surface area contributed by atoms with Gasteiger partial charge in [-0.1, -0.05) is 6.07 Å². The van der Waals surface area contributed by atoms with Crippen LogP contribution >= 0.6 is 0 Å². The Labute approximate surface area is 153 Å². The van der Waals surface area contributed by atoms with Crippen molar-refractivity contribution in [3.63, 3.8) is 0 Å². The first kappa shape index (κ1) is 17.0. The third-order valence-electron chi connectivity index (χ3n) is 5.04. The second-order valence-electron chi connectivity index (χ2n) is 7.17. The molecule has 8 nitrogen and oxygen atoms in total. The third-order valence-corrected chi connectivity index (χ3v) is 5.04. The summed E-state index contributed by atoms with van der Waals surface area (Å²) in [6, 6.07) is 6.10. The highest BCUT2D eigenvalue weighted by Gasteiger charge is 2.26. The molecule has 1 atom stereocenters. The summed E-state index contributed by atoms with van der Waals surface area (Å²) >= 11 is 0. The first-order valence-electron chi connectivity index (χ1n) is 9.19. The predicted molar refractivity (Wildman–Crippen MR) is 98.9 cm³/mol. The lowest BCUT2D eigenvalue weighted by atomic mass is 9.96. The summed E-state index contributed by atoms with van der Waals surface area (Å²) in [6.07, 6.45) is 3.90. The lowest BCUT2D eigenvalue weighted by Gasteiger charge is -2.35. The standard InChI is InChI=1S/C18H26N6O2/c1-13-2-3-16-17(8-13)25-11-15(26-16)10-23-6-4-14(5-7-23)9-20-18-21-12-24(19)22-18/h2-3,8,12,14-15H,4-7,9-11,19H2,1H3,(H,20,22). The van der Waals surface area contributed by atoms with Crippen LogP contribution in [0.15, 0.2) is 24.5 Å². The molecule has 3 N–H and O–H groups in total. The minimum atomic E-state index is 0.0950. The fraction of sp³-hybridized carbons (Fsp3) is 0.556. The number of hydrogen-bond donors (Lipinski definition) is 2. The minimum absolute atomic E-state index is 0.0950. The average Bonchev–Trinajstić information content (AvgIpc) is 3.07. The van der Waals surface area contributed by atoms with Crippen molar-refractivity contribution in [3.8, 4) is 11.5 Å². The van der Waals surface area contributed by atoms with Crippen LogP contribution in [0, 0.1) is 12.8 Å². The number of rotatable bonds is 5. The number of nitrogen functional groups attached to an aromatic ring is 1. The topological polar surface area (TPSA) is 90.5 Å². The zero-order chi connectivity index (χ0) is 17.9. The fourth-order valence-electron chi connectivity index (χ4n) is 3.56. The van der Waals surface area contributed by atoms with Gasteiger partial charge in [0.1, 0.15) is 19.0 Å². The molecule has 1 fully saturated rings. The van der Waals surface area contributed by atoms with E-state index >= 15 is 0 Å². The van der Waals surface area contributed by atoms with Crippen molar-refractivity contribution in [2.75, 3.05) is 43.9 Å². The van der Waals surface area contributed by atoms with E-state index < -0.39 is 0 Å². The summed E-state index contributed by atoms with van der Waals surface area (Å²) in [4.78, 5) is 7.78. The Morgan fingerprint density at radius 3 is 2.88 bits per heavy atom. The number of hydrogen-bond acceptors (Lipinski definition) is 7. The Morgan fingerprint density at radius 1 is 1.27 bits per heavy atom. The minimum Gasteiger partial charge on any atom is -0.486 e. The van der Waals surface area contributed by atoms with Crippen molar-refractivity contribution in [2.45, 2.75) is 25.9 Å². The van der Waals surface area contributed by atoms with Gasteiger partial charge in [-0.3, -0.25) is 4.90 Å². The molecule has 0 spiro atoms. The van der Waals surface area contributed by atoms with Crippen LogP contribution in [-0.4, -0.2) is 58.7 Å². The highest BCUT2D eigenvalue weighted by molar-refractivity contribution is 5.43. The second-order valence-corrected chi connectivity index (χ2v) is 7.17. The molecule has 140 valence electrons. The molecule has 1 saturated heterocycles. The van der Waals surface area contributed by atoms with E-state index in [1.54, 1.807) is 0 Å². The van der Waals surface area contributed by atoms with Gasteiger partial charge in [0.25, 0.3) is 0 Å². The zero-order valence-corrected chi connectivity index (χ0v) is 15.1. The summed E-state index contributed by atoms with van der Waals surface area (Å²) in [5.41, 5.74) is 1.19. The van der Waals surface area contributed by atoms with Gasteiger partial charge in [-0.2, -0.15) is 9.77 Å². The number of nitrogens with two attached hydrogens (primary N) is 1. The van der Waals surface area contributed by atoms with Gasteiger partial charge < -0.3 is 20.6 Å². The summed E-state index contributed by atoms with van der Waals surface area (Å²) in [7, 11) is 0. The number of ether oxygens (including phenoxy) is 2. The van der Waals surface area contributed by atoms with Gasteiger partial charge in [-0.15, -0.1) is 5.10 Å². The van der Waals surface area contributed by atoms with Crippen molar-refractivity contribution < 1.29 is 9.47 Å². The van der Waals surface area contributed by atoms with Gasteiger partial charge in [0.15, 0.2) is 11.5 Å². The van der Waals surface area contributed by atoms with Crippen LogP contribution in [0.25, 0.3) is 0 Å². The largest absolute Gasteiger partial charge is 0.486 e. The number of benzene rings is 1. The molecule has 1 unspecified atom stereocenters. The van der Waals surface area contributed by atoms with E-state index in [1.807, 2.05) is 12.1 Å². The SMILES string of the molecule is Cc1ccc2c(c1)OCC(CN1CCC(CNc3ncn(N)n3)CC1)O2. The summed E-state index contributed by atoms with van der Waals surface area (Å²) in [5, 5.41) is 7.30. The Hall–Kier alpha value is -2.48. The van der Waals surface area contributed by atoms with Crippen LogP contribution in [0.4, 0.5) is 5.95 Å². The van der Waals surface area contributed by atoms with Crippen molar-refractivity contribution in [3.05, 3.63) is 30.1 Å². The van der Waals surface area contributed by atoms with E-state index in [2.05, 4.69) is 33.3 Å². The van der Waals surface area contributed by atoms with Gasteiger partial charge in [0.2, 0.25) is 5.95 Å². The zero-order valence-electron chi connectivity index (χ0n) is 15.1. The van der Waals surface area contributed by atoms with E-state index in [-0.39, 0.29) is 6.10 Å². The molecule has 2 aliphatic heterocycles. The van der Waals surface area contributed by atoms with E-state index in [1.165, 1.54) is 16.7 Å². The molecule has 26 heavy (non-hydrogen) atoms. The number of likely N-dealkylation sites (tertiary alicyclic amines) is 1. The number of anilines is 1. The number of fused-ring (bicyclic) bond motifs is 1. The maximum absolute atomic E-state index is 6.11. The Morgan fingerprint density at radius 2 is 2.12 bits per heavy atom. The molecule has 0 bridgehead atoms. The second kappa shape index (κ2) is 7.41. The molecule has 4 rings (SSSR count). The molecule has 0 radical (unpaired) electrons. The third kappa shape index (κ3) is 4.01. The number of nitrogens with zero attached hydrogens (tertiary/aromatic N) is 4. The van der Waals surface area contributed by atoms with Crippen molar-refractivity contribution in [1.29, 1.82) is 0 Å². The molecule has 1 aromatic carbocycles. The number of aryl methyl sites for hydroxylation is 1. The molecule has 1 aromatic heterocycles. The molecule has 0 saturated carbocycles. The molecule has 2 aliphatic rings. The lowest BCUT2D eigenvalue weighted by molar-refractivity contribution is 0.0484. The molecule has 2 aromatic rings. The lowest BCUT2D eigenvalue weighted by Crippen LogP contribution is -2.44. The molecule has 8 heteroatoms.